The van der Waals surface area contributed by atoms with Gasteiger partial charge in [0.05, 0.1) is 5.92 Å². The van der Waals surface area contributed by atoms with Crippen LogP contribution in [0.5, 0.6) is 0 Å². The molecule has 2 atom stereocenters. The molecule has 98 valence electrons. The Morgan fingerprint density at radius 3 is 2.84 bits per heavy atom. The average Bonchev–Trinajstić information content (AvgIpc) is 3.11. The van der Waals surface area contributed by atoms with E-state index < -0.39 is 12.1 Å². The topological polar surface area (TPSA) is 54.9 Å². The van der Waals surface area contributed by atoms with Gasteiger partial charge in [-0.3, -0.25) is 9.78 Å². The fourth-order valence-corrected chi connectivity index (χ4v) is 2.54. The molecular formula is C13H11FIN3O. The van der Waals surface area contributed by atoms with Crippen molar-refractivity contribution >= 4 is 45.1 Å². The molecule has 1 N–H and O–H groups in total. The second kappa shape index (κ2) is 4.66. The van der Waals surface area contributed by atoms with Gasteiger partial charge in [0.15, 0.2) is 0 Å². The highest BCUT2D eigenvalue weighted by Crippen LogP contribution is 2.34. The van der Waals surface area contributed by atoms with Crippen LogP contribution < -0.4 is 5.32 Å². The fraction of sp³-hybridized carbons (Fsp3) is 0.308. The minimum atomic E-state index is -0.993. The Morgan fingerprint density at radius 2 is 2.16 bits per heavy atom. The van der Waals surface area contributed by atoms with Gasteiger partial charge in [-0.25, -0.2) is 9.37 Å². The van der Waals surface area contributed by atoms with E-state index in [-0.39, 0.29) is 5.91 Å². The summed E-state index contributed by atoms with van der Waals surface area (Å²) in [7, 11) is 0. The second-order valence-corrected chi connectivity index (χ2v) is 5.82. The standard InChI is InChI=1S/C13H11FIN3O/c1-6-9-4-17-12(3-7(9)11(15)5-16-6)18-13(19)8-2-10(8)14/h3-5,8,10H,2H2,1H3,(H,17,18,19)/t8-,10-/m1/s1. The third kappa shape index (κ3) is 2.41. The van der Waals surface area contributed by atoms with E-state index in [1.54, 1.807) is 18.5 Å². The first-order valence-corrected chi connectivity index (χ1v) is 7.00. The lowest BCUT2D eigenvalue weighted by Gasteiger charge is -2.07. The number of hydrogen-bond acceptors (Lipinski definition) is 3. The number of halogens is 2. The maximum absolute atomic E-state index is 12.8. The van der Waals surface area contributed by atoms with Crippen LogP contribution in [0.1, 0.15) is 12.1 Å². The lowest BCUT2D eigenvalue weighted by Crippen LogP contribution is -2.15. The highest BCUT2D eigenvalue weighted by atomic mass is 127. The zero-order valence-corrected chi connectivity index (χ0v) is 12.3. The van der Waals surface area contributed by atoms with Crippen molar-refractivity contribution in [2.45, 2.75) is 19.5 Å². The Hall–Kier alpha value is -1.31. The van der Waals surface area contributed by atoms with Gasteiger partial charge < -0.3 is 5.32 Å². The third-order valence-corrected chi connectivity index (χ3v) is 4.08. The van der Waals surface area contributed by atoms with Gasteiger partial charge in [0.2, 0.25) is 5.91 Å². The SMILES string of the molecule is Cc1ncc(I)c2cc(NC(=O)[C@@H]3C[C@H]3F)ncc12. The molecule has 2 aromatic rings. The van der Waals surface area contributed by atoms with Gasteiger partial charge in [0, 0.05) is 32.4 Å². The van der Waals surface area contributed by atoms with Crippen LogP contribution in [0.15, 0.2) is 18.5 Å². The number of anilines is 1. The Kier molecular flexibility index (Phi) is 3.12. The van der Waals surface area contributed by atoms with Crippen LogP contribution in [-0.2, 0) is 4.79 Å². The van der Waals surface area contributed by atoms with Crippen molar-refractivity contribution in [3.8, 4) is 0 Å². The van der Waals surface area contributed by atoms with Crippen LogP contribution in [-0.4, -0.2) is 22.0 Å². The first-order valence-electron chi connectivity index (χ1n) is 5.92. The third-order valence-electron chi connectivity index (χ3n) is 3.22. The molecule has 0 spiro atoms. The molecule has 0 radical (unpaired) electrons. The Balaban J connectivity index is 1.93. The summed E-state index contributed by atoms with van der Waals surface area (Å²) in [5.41, 5.74) is 0.895. The van der Waals surface area contributed by atoms with Crippen LogP contribution in [0, 0.1) is 16.4 Å². The summed E-state index contributed by atoms with van der Waals surface area (Å²) in [5.74, 6) is -0.337. The first kappa shape index (κ1) is 12.7. The molecule has 3 rings (SSSR count). The molecule has 6 heteroatoms. The number of aromatic nitrogens is 2. The minimum Gasteiger partial charge on any atom is -0.310 e. The van der Waals surface area contributed by atoms with Crippen LogP contribution in [0.4, 0.5) is 10.2 Å². The van der Waals surface area contributed by atoms with Gasteiger partial charge in [-0.05, 0) is 42.0 Å². The second-order valence-electron chi connectivity index (χ2n) is 4.65. The highest BCUT2D eigenvalue weighted by molar-refractivity contribution is 14.1. The summed E-state index contributed by atoms with van der Waals surface area (Å²) in [5, 5.41) is 4.61. The number of nitrogens with one attached hydrogen (secondary N) is 1. The van der Waals surface area contributed by atoms with E-state index in [0.717, 1.165) is 20.0 Å². The number of fused-ring (bicyclic) bond motifs is 1. The Bertz CT molecular complexity index is 676. The van der Waals surface area contributed by atoms with E-state index in [1.165, 1.54) is 0 Å². The normalized spacial score (nSPS) is 21.4. The number of rotatable bonds is 2. The molecule has 1 amide bonds. The van der Waals surface area contributed by atoms with E-state index in [2.05, 4.69) is 37.9 Å². The largest absolute Gasteiger partial charge is 0.310 e. The first-order chi connectivity index (χ1) is 9.06. The zero-order valence-electron chi connectivity index (χ0n) is 10.2. The summed E-state index contributed by atoms with van der Waals surface area (Å²) in [6, 6.07) is 1.80. The number of pyridine rings is 2. The molecule has 0 bridgehead atoms. The molecule has 0 unspecified atom stereocenters. The fourth-order valence-electron chi connectivity index (χ4n) is 1.96. The summed E-state index contributed by atoms with van der Waals surface area (Å²) in [4.78, 5) is 20.1. The molecule has 2 aromatic heterocycles. The summed E-state index contributed by atoms with van der Waals surface area (Å²) < 4.78 is 13.8. The van der Waals surface area contributed by atoms with Crippen molar-refractivity contribution in [3.05, 3.63) is 27.7 Å². The molecule has 0 aromatic carbocycles. The van der Waals surface area contributed by atoms with Crippen molar-refractivity contribution in [3.63, 3.8) is 0 Å². The summed E-state index contributed by atoms with van der Waals surface area (Å²) in [6.07, 6.45) is 2.80. The average molecular weight is 371 g/mol. The molecule has 1 saturated carbocycles. The number of aryl methyl sites for hydroxylation is 1. The number of carbonyl (C=O) groups excluding carboxylic acids is 1. The predicted octanol–water partition coefficient (Wildman–Crippen LogP) is 2.84. The van der Waals surface area contributed by atoms with Gasteiger partial charge in [-0.15, -0.1) is 0 Å². The van der Waals surface area contributed by atoms with E-state index in [1.807, 2.05) is 6.92 Å². The number of hydrogen-bond donors (Lipinski definition) is 1. The molecule has 1 aliphatic carbocycles. The van der Waals surface area contributed by atoms with Crippen LogP contribution in [0.2, 0.25) is 0 Å². The molecule has 1 fully saturated rings. The molecule has 0 aliphatic heterocycles. The molecule has 1 aliphatic rings. The van der Waals surface area contributed by atoms with E-state index in [9.17, 15) is 9.18 Å². The minimum absolute atomic E-state index is 0.292. The molecule has 4 nitrogen and oxygen atoms in total. The van der Waals surface area contributed by atoms with Crippen molar-refractivity contribution in [1.82, 2.24) is 9.97 Å². The Morgan fingerprint density at radius 1 is 1.42 bits per heavy atom. The molecule has 19 heavy (non-hydrogen) atoms. The Labute approximate surface area is 123 Å². The lowest BCUT2D eigenvalue weighted by atomic mass is 10.2. The monoisotopic (exact) mass is 371 g/mol. The van der Waals surface area contributed by atoms with Crippen LogP contribution in [0.3, 0.4) is 0 Å². The zero-order chi connectivity index (χ0) is 13.6. The van der Waals surface area contributed by atoms with Crippen LogP contribution >= 0.6 is 22.6 Å². The molecule has 2 heterocycles. The van der Waals surface area contributed by atoms with Gasteiger partial charge >= 0.3 is 0 Å². The quantitative estimate of drug-likeness (QED) is 0.827. The van der Waals surface area contributed by atoms with Crippen molar-refractivity contribution < 1.29 is 9.18 Å². The summed E-state index contributed by atoms with van der Waals surface area (Å²) in [6.45, 7) is 1.91. The number of alkyl halides is 1. The molecular weight excluding hydrogens is 360 g/mol. The van der Waals surface area contributed by atoms with E-state index >= 15 is 0 Å². The van der Waals surface area contributed by atoms with E-state index in [0.29, 0.717) is 12.2 Å². The number of nitrogens with zero attached hydrogens (tertiary/aromatic N) is 2. The van der Waals surface area contributed by atoms with Gasteiger partial charge in [0.25, 0.3) is 0 Å². The van der Waals surface area contributed by atoms with Gasteiger partial charge in [-0.1, -0.05) is 0 Å². The maximum atomic E-state index is 12.8. The lowest BCUT2D eigenvalue weighted by molar-refractivity contribution is -0.117. The van der Waals surface area contributed by atoms with Gasteiger partial charge in [0.1, 0.15) is 12.0 Å². The van der Waals surface area contributed by atoms with E-state index in [4.69, 9.17) is 0 Å². The van der Waals surface area contributed by atoms with Gasteiger partial charge in [-0.2, -0.15) is 0 Å². The number of carbonyl (C=O) groups is 1. The van der Waals surface area contributed by atoms with Crippen LogP contribution in [0.25, 0.3) is 10.8 Å². The smallest absolute Gasteiger partial charge is 0.231 e. The maximum Gasteiger partial charge on any atom is 0.231 e. The molecule has 0 saturated heterocycles. The highest BCUT2D eigenvalue weighted by Gasteiger charge is 2.43. The number of amides is 1. The van der Waals surface area contributed by atoms with Crippen molar-refractivity contribution in [1.29, 1.82) is 0 Å². The van der Waals surface area contributed by atoms with Crippen molar-refractivity contribution in [2.24, 2.45) is 5.92 Å². The summed E-state index contributed by atoms with van der Waals surface area (Å²) >= 11 is 2.19. The predicted molar refractivity (Wildman–Crippen MR) is 78.6 cm³/mol. The van der Waals surface area contributed by atoms with Crippen molar-refractivity contribution in [2.75, 3.05) is 5.32 Å².